The number of nitrogens with one attached hydrogen (secondary N) is 8. The van der Waals surface area contributed by atoms with Crippen LogP contribution in [0.25, 0.3) is 22.0 Å². The minimum absolute atomic E-state index is 0.0142. The number of pyridine rings is 1. The van der Waals surface area contributed by atoms with Crippen molar-refractivity contribution in [2.75, 3.05) is 50.8 Å². The average molecular weight is 1100 g/mol. The molecule has 25 nitrogen and oxygen atoms in total. The van der Waals surface area contributed by atoms with E-state index < -0.39 is 153 Å². The largest absolute Gasteiger partial charge is 0.492 e. The standard InChI is InChI=1S/C47H55F2N11O14S2/c1-25(61)56-34(9-11-41(67)68)45(72)59-35(22-75)44(71)54-20-38(63)57-36(23-76)46(73)58-33(8-10-40(65)66)43(70)53-19-37(62)52-14-15-74-29-5-2-26(3-6-29)27-4-7-32-31(16-27)30(12-13-51-32)42(69)55-21-39(64)60-24-47(48,49)17-28(60)18-50/h2-7,12-13,16,28,33-36,75-76H,8-11,14-15,17,19-24H2,1H3,(H,52,62)(H,53,70)(H,54,71)(H,55,69)(H,56,61)(H,57,63)(H,58,73)(H,59,72)(H,65,66)(H,67,68)/t28-,33-,34-,35-,36-/m0/s1. The zero-order valence-corrected chi connectivity index (χ0v) is 42.3. The van der Waals surface area contributed by atoms with E-state index in [0.29, 0.717) is 27.8 Å². The van der Waals surface area contributed by atoms with Gasteiger partial charge in [0.2, 0.25) is 47.3 Å². The van der Waals surface area contributed by atoms with Crippen molar-refractivity contribution in [3.8, 4) is 22.9 Å². The van der Waals surface area contributed by atoms with Gasteiger partial charge in [0.15, 0.2) is 0 Å². The molecule has 0 aliphatic carbocycles. The van der Waals surface area contributed by atoms with Gasteiger partial charge in [0.1, 0.15) is 42.6 Å². The summed E-state index contributed by atoms with van der Waals surface area (Å²) in [5, 5.41) is 46.7. The van der Waals surface area contributed by atoms with Gasteiger partial charge in [0, 0.05) is 49.3 Å². The van der Waals surface area contributed by atoms with Crippen LogP contribution in [0.15, 0.2) is 54.7 Å². The zero-order chi connectivity index (χ0) is 56.1. The number of nitriles is 1. The van der Waals surface area contributed by atoms with Crippen LogP contribution in [0.1, 0.15) is 49.4 Å². The van der Waals surface area contributed by atoms with Gasteiger partial charge in [0.25, 0.3) is 11.8 Å². The first-order chi connectivity index (χ1) is 36.0. The maximum absolute atomic E-state index is 13.9. The summed E-state index contributed by atoms with van der Waals surface area (Å²) in [5.41, 5.74) is 2.02. The van der Waals surface area contributed by atoms with E-state index >= 15 is 0 Å². The minimum atomic E-state index is -3.21. The third-order valence-corrected chi connectivity index (χ3v) is 11.9. The molecular formula is C47H55F2N11O14S2. The zero-order valence-electron chi connectivity index (χ0n) is 40.6. The summed E-state index contributed by atoms with van der Waals surface area (Å²) in [6.07, 6.45) is -1.12. The van der Waals surface area contributed by atoms with Crippen molar-refractivity contribution >= 4 is 101 Å². The number of thiol groups is 2. The third-order valence-electron chi connectivity index (χ3n) is 11.1. The predicted molar refractivity (Wildman–Crippen MR) is 270 cm³/mol. The molecule has 10 N–H and O–H groups in total. The summed E-state index contributed by atoms with van der Waals surface area (Å²) in [5.74, 6) is -13.3. The molecule has 1 aliphatic rings. The molecule has 29 heteroatoms. The number of aromatic nitrogens is 1. The van der Waals surface area contributed by atoms with Gasteiger partial charge in [-0.05, 0) is 54.3 Å². The molecule has 1 aliphatic heterocycles. The van der Waals surface area contributed by atoms with Crippen LogP contribution in [0.2, 0.25) is 0 Å². The summed E-state index contributed by atoms with van der Waals surface area (Å²) >= 11 is 8.09. The van der Waals surface area contributed by atoms with E-state index in [1.807, 2.05) is 0 Å². The Labute approximate surface area is 443 Å². The van der Waals surface area contributed by atoms with E-state index in [1.165, 1.54) is 12.3 Å². The first-order valence-electron chi connectivity index (χ1n) is 23.2. The lowest BCUT2D eigenvalue weighted by atomic mass is 10.0. The summed E-state index contributed by atoms with van der Waals surface area (Å²) in [6, 6.07) is 8.24. The Kier molecular flexibility index (Phi) is 23.1. The van der Waals surface area contributed by atoms with Gasteiger partial charge in [-0.15, -0.1) is 0 Å². The number of amides is 9. The maximum atomic E-state index is 13.9. The second-order valence-electron chi connectivity index (χ2n) is 16.9. The number of rotatable bonds is 28. The average Bonchev–Trinajstić information content (AvgIpc) is 3.72. The van der Waals surface area contributed by atoms with Crippen molar-refractivity contribution in [3.05, 3.63) is 60.3 Å². The molecule has 0 unspecified atom stereocenters. The Morgan fingerprint density at radius 1 is 0.737 bits per heavy atom. The van der Waals surface area contributed by atoms with Gasteiger partial charge in [0.05, 0.1) is 49.9 Å². The second kappa shape index (κ2) is 29.1. The van der Waals surface area contributed by atoms with E-state index in [4.69, 9.17) is 9.84 Å². The molecule has 4 rings (SSSR count). The monoisotopic (exact) mass is 1100 g/mol. The molecular weight excluding hydrogens is 1040 g/mol. The van der Waals surface area contributed by atoms with Crippen LogP contribution in [0, 0.1) is 11.3 Å². The molecule has 76 heavy (non-hydrogen) atoms. The van der Waals surface area contributed by atoms with Crippen LogP contribution in [-0.2, 0) is 47.9 Å². The van der Waals surface area contributed by atoms with Crippen LogP contribution < -0.4 is 47.3 Å². The number of hydrogen-bond donors (Lipinski definition) is 12. The Hall–Kier alpha value is -8.13. The minimum Gasteiger partial charge on any atom is -0.492 e. The summed E-state index contributed by atoms with van der Waals surface area (Å²) in [6.45, 7) is -1.76. The number of aliphatic carboxylic acids is 2. The van der Waals surface area contributed by atoms with Crippen molar-refractivity contribution in [1.29, 1.82) is 5.26 Å². The molecule has 2 aromatic carbocycles. The number of carbonyl (C=O) groups excluding carboxylic acids is 9. The number of ether oxygens (including phenoxy) is 1. The normalized spacial score (nSPS) is 15.0. The Bertz CT molecular complexity index is 2710. The number of carboxylic acid groups (broad SMARTS) is 2. The van der Waals surface area contributed by atoms with Crippen LogP contribution >= 0.6 is 25.3 Å². The van der Waals surface area contributed by atoms with Crippen LogP contribution in [0.5, 0.6) is 5.75 Å². The smallest absolute Gasteiger partial charge is 0.303 e. The van der Waals surface area contributed by atoms with E-state index in [1.54, 1.807) is 48.5 Å². The molecule has 9 amide bonds. The van der Waals surface area contributed by atoms with Crippen molar-refractivity contribution in [3.63, 3.8) is 0 Å². The molecule has 3 aromatic rings. The summed E-state index contributed by atoms with van der Waals surface area (Å²) in [4.78, 5) is 142. The molecule has 1 fully saturated rings. The fourth-order valence-electron chi connectivity index (χ4n) is 7.31. The number of halogens is 2. The quantitative estimate of drug-likeness (QED) is 0.0296. The van der Waals surface area contributed by atoms with Gasteiger partial charge in [-0.3, -0.25) is 57.7 Å². The first-order valence-corrected chi connectivity index (χ1v) is 24.4. The molecule has 408 valence electrons. The summed E-state index contributed by atoms with van der Waals surface area (Å²) < 4.78 is 33.4. The fraction of sp³-hybridized carbons (Fsp3) is 0.426. The van der Waals surface area contributed by atoms with Gasteiger partial charge >= 0.3 is 11.9 Å². The second-order valence-corrected chi connectivity index (χ2v) is 17.6. The fourth-order valence-corrected chi connectivity index (χ4v) is 7.83. The van der Waals surface area contributed by atoms with Crippen LogP contribution in [0.3, 0.4) is 0 Å². The topological polar surface area (TPSA) is 374 Å². The van der Waals surface area contributed by atoms with E-state index in [2.05, 4.69) is 72.8 Å². The molecule has 0 saturated carbocycles. The molecule has 1 saturated heterocycles. The highest BCUT2D eigenvalue weighted by molar-refractivity contribution is 7.80. The molecule has 0 bridgehead atoms. The molecule has 0 radical (unpaired) electrons. The highest BCUT2D eigenvalue weighted by Gasteiger charge is 2.47. The van der Waals surface area contributed by atoms with Crippen molar-refractivity contribution < 1.29 is 76.5 Å². The van der Waals surface area contributed by atoms with Crippen molar-refractivity contribution in [2.24, 2.45) is 0 Å². The lowest BCUT2D eigenvalue weighted by Gasteiger charge is -2.23. The Balaban J connectivity index is 1.23. The number of alkyl halides is 2. The number of carbonyl (C=O) groups is 11. The summed E-state index contributed by atoms with van der Waals surface area (Å²) in [7, 11) is 0. The number of nitrogens with zero attached hydrogens (tertiary/aromatic N) is 3. The van der Waals surface area contributed by atoms with E-state index in [-0.39, 0.29) is 36.6 Å². The first kappa shape index (κ1) is 60.4. The number of fused-ring (bicyclic) bond motifs is 1. The van der Waals surface area contributed by atoms with E-state index in [0.717, 1.165) is 11.8 Å². The molecule has 5 atom stereocenters. The lowest BCUT2D eigenvalue weighted by molar-refractivity contribution is -0.139. The highest BCUT2D eigenvalue weighted by Crippen LogP contribution is 2.32. The highest BCUT2D eigenvalue weighted by atomic mass is 32.1. The molecule has 1 aromatic heterocycles. The van der Waals surface area contributed by atoms with Crippen LogP contribution in [0.4, 0.5) is 8.78 Å². The van der Waals surface area contributed by atoms with Gasteiger partial charge in [-0.25, -0.2) is 8.78 Å². The SMILES string of the molecule is CC(=O)N[C@@H](CCC(=O)O)C(=O)N[C@@H](CS)C(=O)NCC(=O)N[C@@H](CS)C(=O)N[C@@H](CCC(=O)O)C(=O)NCC(=O)NCCOc1ccc(-c2ccc3nccc(C(=O)NCC(=O)N4CC(F)(F)C[C@H]4C#N)c3c2)cc1. The van der Waals surface area contributed by atoms with Gasteiger partial charge in [-0.2, -0.15) is 30.5 Å². The Morgan fingerprint density at radius 2 is 1.30 bits per heavy atom. The maximum Gasteiger partial charge on any atom is 0.303 e. The predicted octanol–water partition coefficient (Wildman–Crippen LogP) is -1.33. The molecule has 0 spiro atoms. The van der Waals surface area contributed by atoms with Gasteiger partial charge in [-0.1, -0.05) is 18.2 Å². The van der Waals surface area contributed by atoms with Crippen LogP contribution in [-0.4, -0.2) is 172 Å². The molecule has 2 heterocycles. The Morgan fingerprint density at radius 3 is 1.91 bits per heavy atom. The van der Waals surface area contributed by atoms with Crippen molar-refractivity contribution in [2.45, 2.75) is 75.2 Å². The number of benzene rings is 2. The number of carboxylic acids is 2. The number of likely N-dealkylation sites (tertiary alicyclic amines) is 1. The van der Waals surface area contributed by atoms with Crippen molar-refractivity contribution in [1.82, 2.24) is 52.4 Å². The van der Waals surface area contributed by atoms with Gasteiger partial charge < -0.3 is 62.4 Å². The third kappa shape index (κ3) is 19.0. The van der Waals surface area contributed by atoms with E-state index in [9.17, 15) is 71.9 Å². The lowest BCUT2D eigenvalue weighted by Crippen LogP contribution is -2.57. The number of hydrogen-bond acceptors (Lipinski definition) is 16.